The van der Waals surface area contributed by atoms with Crippen LogP contribution in [0.15, 0.2) is 65.2 Å². The van der Waals surface area contributed by atoms with Gasteiger partial charge in [0.15, 0.2) is 5.76 Å². The van der Waals surface area contributed by atoms with E-state index in [1.54, 1.807) is 7.11 Å². The highest BCUT2D eigenvalue weighted by atomic mass is 16.5. The van der Waals surface area contributed by atoms with Crippen LogP contribution in [0.25, 0.3) is 0 Å². The van der Waals surface area contributed by atoms with Gasteiger partial charge in [-0.1, -0.05) is 41.6 Å². The number of hydrogen-bond donors (Lipinski definition) is 1. The van der Waals surface area contributed by atoms with E-state index in [0.29, 0.717) is 13.2 Å². The second kappa shape index (κ2) is 9.95. The Kier molecular flexibility index (Phi) is 6.62. The normalized spacial score (nSPS) is 18.2. The predicted octanol–water partition coefficient (Wildman–Crippen LogP) is 3.11. The number of nitrogens with one attached hydrogen (secondary N) is 1. The molecule has 0 radical (unpaired) electrons. The molecule has 7 nitrogen and oxygen atoms in total. The van der Waals surface area contributed by atoms with Crippen LogP contribution in [-0.2, 0) is 24.2 Å². The summed E-state index contributed by atoms with van der Waals surface area (Å²) in [5.74, 6) is 1.83. The SMILES string of the molecule is COc1ccccc1CNC1(Cc2cc(CN3CCN(c4ccccc4)CC3)on2)COC1. The van der Waals surface area contributed by atoms with Crippen molar-refractivity contribution in [2.24, 2.45) is 0 Å². The first-order valence-corrected chi connectivity index (χ1v) is 11.6. The maximum Gasteiger partial charge on any atom is 0.150 e. The topological polar surface area (TPSA) is 63.0 Å². The summed E-state index contributed by atoms with van der Waals surface area (Å²) in [6.45, 7) is 6.96. The molecule has 7 heteroatoms. The molecule has 5 rings (SSSR count). The van der Waals surface area contributed by atoms with Gasteiger partial charge in [0.25, 0.3) is 0 Å². The number of benzene rings is 2. The minimum absolute atomic E-state index is 0.115. The highest BCUT2D eigenvalue weighted by Gasteiger charge is 2.39. The van der Waals surface area contributed by atoms with E-state index in [4.69, 9.17) is 14.0 Å². The van der Waals surface area contributed by atoms with E-state index in [2.05, 4.69) is 62.7 Å². The summed E-state index contributed by atoms with van der Waals surface area (Å²) < 4.78 is 16.7. The number of anilines is 1. The third kappa shape index (κ3) is 5.21. The largest absolute Gasteiger partial charge is 0.496 e. The molecular formula is C26H32N4O3. The molecule has 2 aliphatic heterocycles. The monoisotopic (exact) mass is 448 g/mol. The minimum atomic E-state index is -0.115. The van der Waals surface area contributed by atoms with Crippen LogP contribution in [0.1, 0.15) is 17.0 Å². The van der Waals surface area contributed by atoms with Crippen LogP contribution in [0, 0.1) is 0 Å². The van der Waals surface area contributed by atoms with Gasteiger partial charge in [0.2, 0.25) is 0 Å². The first kappa shape index (κ1) is 21.9. The van der Waals surface area contributed by atoms with E-state index >= 15 is 0 Å². The van der Waals surface area contributed by atoms with Gasteiger partial charge in [-0.25, -0.2) is 0 Å². The van der Waals surface area contributed by atoms with Crippen LogP contribution in [0.4, 0.5) is 5.69 Å². The van der Waals surface area contributed by atoms with Gasteiger partial charge in [0.05, 0.1) is 38.1 Å². The zero-order valence-corrected chi connectivity index (χ0v) is 19.2. The van der Waals surface area contributed by atoms with E-state index in [9.17, 15) is 0 Å². The van der Waals surface area contributed by atoms with Crippen molar-refractivity contribution in [3.05, 3.63) is 77.7 Å². The second-order valence-electron chi connectivity index (χ2n) is 9.00. The van der Waals surface area contributed by atoms with Crippen molar-refractivity contribution >= 4 is 5.69 Å². The van der Waals surface area contributed by atoms with Gasteiger partial charge < -0.3 is 24.2 Å². The Hall–Kier alpha value is -2.87. The van der Waals surface area contributed by atoms with Gasteiger partial charge in [-0.15, -0.1) is 0 Å². The number of nitrogens with zero attached hydrogens (tertiary/aromatic N) is 3. The summed E-state index contributed by atoms with van der Waals surface area (Å²) in [4.78, 5) is 4.88. The van der Waals surface area contributed by atoms with Crippen molar-refractivity contribution in [3.63, 3.8) is 0 Å². The van der Waals surface area contributed by atoms with Crippen molar-refractivity contribution in [2.75, 3.05) is 51.4 Å². The lowest BCUT2D eigenvalue weighted by atomic mass is 9.90. The second-order valence-corrected chi connectivity index (χ2v) is 9.00. The molecule has 0 unspecified atom stereocenters. The molecule has 2 aliphatic rings. The van der Waals surface area contributed by atoms with Crippen molar-refractivity contribution < 1.29 is 14.0 Å². The maximum absolute atomic E-state index is 5.70. The highest BCUT2D eigenvalue weighted by molar-refractivity contribution is 5.46. The third-order valence-electron chi connectivity index (χ3n) is 6.60. The summed E-state index contributed by atoms with van der Waals surface area (Å²) in [5, 5.41) is 8.05. The zero-order valence-electron chi connectivity index (χ0n) is 19.2. The van der Waals surface area contributed by atoms with Crippen LogP contribution in [0.5, 0.6) is 5.75 Å². The number of aromatic nitrogens is 1. The smallest absolute Gasteiger partial charge is 0.150 e. The first-order chi connectivity index (χ1) is 16.2. The summed E-state index contributed by atoms with van der Waals surface area (Å²) in [6.07, 6.45) is 0.785. The van der Waals surface area contributed by atoms with E-state index in [-0.39, 0.29) is 5.54 Å². The quantitative estimate of drug-likeness (QED) is 0.540. The number of piperazine rings is 1. The van der Waals surface area contributed by atoms with Crippen LogP contribution >= 0.6 is 0 Å². The van der Waals surface area contributed by atoms with E-state index < -0.39 is 0 Å². The Balaban J connectivity index is 1.14. The third-order valence-corrected chi connectivity index (χ3v) is 6.60. The lowest BCUT2D eigenvalue weighted by Gasteiger charge is -2.42. The fourth-order valence-corrected chi connectivity index (χ4v) is 4.63. The molecule has 2 aromatic carbocycles. The van der Waals surface area contributed by atoms with Crippen molar-refractivity contribution in [1.82, 2.24) is 15.4 Å². The van der Waals surface area contributed by atoms with E-state index in [1.165, 1.54) is 5.69 Å². The molecule has 1 N–H and O–H groups in total. The number of para-hydroxylation sites is 2. The Morgan fingerprint density at radius 2 is 1.76 bits per heavy atom. The van der Waals surface area contributed by atoms with Crippen molar-refractivity contribution in [3.8, 4) is 5.75 Å². The van der Waals surface area contributed by atoms with Gasteiger partial charge in [-0.3, -0.25) is 4.90 Å². The van der Waals surface area contributed by atoms with Gasteiger partial charge in [-0.2, -0.15) is 0 Å². The Morgan fingerprint density at radius 1 is 1.00 bits per heavy atom. The number of rotatable bonds is 9. The van der Waals surface area contributed by atoms with Gasteiger partial charge >= 0.3 is 0 Å². The zero-order chi connectivity index (χ0) is 22.5. The number of hydrogen-bond acceptors (Lipinski definition) is 7. The fourth-order valence-electron chi connectivity index (χ4n) is 4.63. The van der Waals surface area contributed by atoms with Crippen LogP contribution in [0.2, 0.25) is 0 Å². The number of ether oxygens (including phenoxy) is 2. The van der Waals surface area contributed by atoms with Gasteiger partial charge in [0.1, 0.15) is 5.75 Å². The molecule has 3 aromatic rings. The molecule has 0 atom stereocenters. The maximum atomic E-state index is 5.70. The van der Waals surface area contributed by atoms with Crippen LogP contribution < -0.4 is 15.0 Å². The lowest BCUT2D eigenvalue weighted by Crippen LogP contribution is -2.61. The predicted molar refractivity (Wildman–Crippen MR) is 128 cm³/mol. The average molecular weight is 449 g/mol. The number of methoxy groups -OCH3 is 1. The molecule has 0 spiro atoms. The summed E-state index contributed by atoms with van der Waals surface area (Å²) >= 11 is 0. The van der Waals surface area contributed by atoms with Crippen LogP contribution in [0.3, 0.4) is 0 Å². The molecule has 2 saturated heterocycles. The molecule has 0 aliphatic carbocycles. The Morgan fingerprint density at radius 3 is 2.48 bits per heavy atom. The Labute approximate surface area is 195 Å². The molecule has 3 heterocycles. The summed E-state index contributed by atoms with van der Waals surface area (Å²) in [6, 6.07) is 20.8. The molecule has 0 saturated carbocycles. The fraction of sp³-hybridized carbons (Fsp3) is 0.423. The summed E-state index contributed by atoms with van der Waals surface area (Å²) in [7, 11) is 1.71. The molecule has 33 heavy (non-hydrogen) atoms. The lowest BCUT2D eigenvalue weighted by molar-refractivity contribution is -0.0756. The van der Waals surface area contributed by atoms with Gasteiger partial charge in [0, 0.05) is 56.5 Å². The first-order valence-electron chi connectivity index (χ1n) is 11.6. The van der Waals surface area contributed by atoms with Crippen LogP contribution in [-0.4, -0.2) is 62.1 Å². The van der Waals surface area contributed by atoms with Crippen molar-refractivity contribution in [2.45, 2.75) is 25.0 Å². The minimum Gasteiger partial charge on any atom is -0.496 e. The summed E-state index contributed by atoms with van der Waals surface area (Å²) in [5.41, 5.74) is 3.30. The molecule has 0 bridgehead atoms. The molecule has 2 fully saturated rings. The van der Waals surface area contributed by atoms with Gasteiger partial charge in [-0.05, 0) is 18.2 Å². The van der Waals surface area contributed by atoms with E-state index in [1.807, 2.05) is 18.2 Å². The molecule has 1 aromatic heterocycles. The average Bonchev–Trinajstić information content (AvgIpc) is 3.28. The van der Waals surface area contributed by atoms with Crippen molar-refractivity contribution in [1.29, 1.82) is 0 Å². The Bertz CT molecular complexity index is 1030. The molecular weight excluding hydrogens is 416 g/mol. The molecule has 0 amide bonds. The molecule has 174 valence electrons. The highest BCUT2D eigenvalue weighted by Crippen LogP contribution is 2.25. The van der Waals surface area contributed by atoms with E-state index in [0.717, 1.165) is 68.5 Å². The standard InChI is InChI=1S/C26H32N4O3/c1-31-25-10-6-5-7-21(25)17-27-26(19-32-20-26)16-22-15-24(33-28-22)18-29-11-13-30(14-12-29)23-8-3-2-4-9-23/h2-10,15,27H,11-14,16-20H2,1H3.